The Kier molecular flexibility index (Phi) is 12.1. The van der Waals surface area contributed by atoms with Gasteiger partial charge in [0.2, 0.25) is 5.91 Å². The number of aryl methyl sites for hydroxylation is 2. The molecule has 5 atom stereocenters. The van der Waals surface area contributed by atoms with Crippen molar-refractivity contribution in [2.45, 2.75) is 81.7 Å². The van der Waals surface area contributed by atoms with Crippen LogP contribution in [0, 0.1) is 5.92 Å². The maximum atomic E-state index is 14.1. The van der Waals surface area contributed by atoms with Crippen LogP contribution in [0.1, 0.15) is 73.3 Å². The maximum Gasteiger partial charge on any atom is 0.407 e. The van der Waals surface area contributed by atoms with Gasteiger partial charge in [0.05, 0.1) is 49.1 Å². The zero-order chi connectivity index (χ0) is 45.3. The van der Waals surface area contributed by atoms with Crippen molar-refractivity contribution in [3.05, 3.63) is 114 Å². The summed E-state index contributed by atoms with van der Waals surface area (Å²) in [6, 6.07) is 29.1. The molecule has 15 heteroatoms. The van der Waals surface area contributed by atoms with Gasteiger partial charge in [-0.15, -0.1) is 0 Å². The number of nitrogens with one attached hydrogen (secondary N) is 5. The van der Waals surface area contributed by atoms with Gasteiger partial charge in [-0.05, 0) is 103 Å². The smallest absolute Gasteiger partial charge is 0.407 e. The predicted octanol–water partition coefficient (Wildman–Crippen LogP) is 7.58. The van der Waals surface area contributed by atoms with E-state index in [1.165, 1.54) is 19.8 Å². The maximum absolute atomic E-state index is 14.1. The normalized spacial score (nSPS) is 20.8. The van der Waals surface area contributed by atoms with Crippen molar-refractivity contribution in [3.8, 4) is 33.5 Å². The number of benzene rings is 4. The van der Waals surface area contributed by atoms with Gasteiger partial charge in [-0.3, -0.25) is 9.59 Å². The zero-order valence-electron chi connectivity index (χ0n) is 37.3. The molecule has 4 amide bonds. The first-order chi connectivity index (χ1) is 32.3. The van der Waals surface area contributed by atoms with Crippen molar-refractivity contribution in [1.82, 2.24) is 30.4 Å². The highest BCUT2D eigenvalue weighted by molar-refractivity contribution is 5.89. The SMILES string of the molecule is COC(=O)N[C@H](C(=O)N1CCC[C@H]1C1Nc2ccc(-c3ccc(-c4ccc5c(c4)CCc4nc([C@@H]6CCCN6C(=O)[C@H](NC(=O)OC)c6ccccc6)[nH]c4-5)cc3)cc2N1)C1CCOCC1. The molecule has 5 aromatic rings. The highest BCUT2D eigenvalue weighted by atomic mass is 16.5. The molecule has 10 rings (SSSR count). The minimum absolute atomic E-state index is 0.0106. The van der Waals surface area contributed by atoms with Crippen LogP contribution < -0.4 is 21.3 Å². The summed E-state index contributed by atoms with van der Waals surface area (Å²) in [5.41, 5.74) is 11.5. The number of H-pyrrole nitrogens is 1. The molecule has 5 N–H and O–H groups in total. The van der Waals surface area contributed by atoms with Crippen molar-refractivity contribution in [2.24, 2.45) is 5.92 Å². The fraction of sp³-hybridized carbons (Fsp3) is 0.392. The molecule has 0 spiro atoms. The summed E-state index contributed by atoms with van der Waals surface area (Å²) in [4.78, 5) is 65.4. The molecule has 0 saturated carbocycles. The highest BCUT2D eigenvalue weighted by Gasteiger charge is 2.43. The van der Waals surface area contributed by atoms with Gasteiger partial charge in [0.15, 0.2) is 0 Å². The molecule has 15 nitrogen and oxygen atoms in total. The Labute approximate surface area is 384 Å². The number of carbonyl (C=O) groups excluding carboxylic acids is 4. The Balaban J connectivity index is 0.812. The minimum atomic E-state index is -0.873. The Bertz CT molecular complexity index is 2610. The minimum Gasteiger partial charge on any atom is -0.453 e. The van der Waals surface area contributed by atoms with Crippen molar-refractivity contribution in [2.75, 3.05) is 51.2 Å². The van der Waals surface area contributed by atoms with Crippen molar-refractivity contribution in [1.29, 1.82) is 0 Å². The fourth-order valence-electron chi connectivity index (χ4n) is 10.7. The molecule has 3 saturated heterocycles. The summed E-state index contributed by atoms with van der Waals surface area (Å²) in [5.74, 6) is 0.507. The average Bonchev–Trinajstić information content (AvgIpc) is 4.21. The van der Waals surface area contributed by atoms with E-state index in [9.17, 15) is 19.2 Å². The lowest BCUT2D eigenvalue weighted by molar-refractivity contribution is -0.136. The number of nitrogens with zero attached hydrogens (tertiary/aromatic N) is 3. The number of rotatable bonds is 10. The number of alkyl carbamates (subject to hydrolysis) is 2. The van der Waals surface area contributed by atoms with Crippen LogP contribution in [0.15, 0.2) is 91.0 Å². The van der Waals surface area contributed by atoms with E-state index in [2.05, 4.69) is 86.9 Å². The number of aromatic amines is 1. The van der Waals surface area contributed by atoms with Crippen LogP contribution in [0.2, 0.25) is 0 Å². The first-order valence-electron chi connectivity index (χ1n) is 23.2. The Hall–Kier alpha value is -6.87. The van der Waals surface area contributed by atoms with Gasteiger partial charge in [-0.2, -0.15) is 0 Å². The fourth-order valence-corrected chi connectivity index (χ4v) is 10.7. The average molecular weight is 893 g/mol. The van der Waals surface area contributed by atoms with Crippen LogP contribution in [-0.4, -0.2) is 103 Å². The van der Waals surface area contributed by atoms with E-state index in [0.717, 1.165) is 94.9 Å². The van der Waals surface area contributed by atoms with E-state index < -0.39 is 24.3 Å². The van der Waals surface area contributed by atoms with E-state index >= 15 is 0 Å². The molecule has 0 bridgehead atoms. The van der Waals surface area contributed by atoms with Gasteiger partial charge in [0.25, 0.3) is 5.91 Å². The molecule has 4 aliphatic heterocycles. The second-order valence-corrected chi connectivity index (χ2v) is 17.9. The number of methoxy groups -OCH3 is 2. The van der Waals surface area contributed by atoms with Gasteiger partial charge >= 0.3 is 12.2 Å². The van der Waals surface area contributed by atoms with Gasteiger partial charge in [0.1, 0.15) is 24.1 Å². The lowest BCUT2D eigenvalue weighted by atomic mass is 9.89. The molecular formula is C51H56N8O7. The Morgan fingerprint density at radius 2 is 1.38 bits per heavy atom. The summed E-state index contributed by atoms with van der Waals surface area (Å²) < 4.78 is 15.3. The highest BCUT2D eigenvalue weighted by Crippen LogP contribution is 2.41. The predicted molar refractivity (Wildman–Crippen MR) is 249 cm³/mol. The van der Waals surface area contributed by atoms with E-state index in [1.807, 2.05) is 40.1 Å². The number of aromatic nitrogens is 2. The number of carbonyl (C=O) groups is 4. The summed E-state index contributed by atoms with van der Waals surface area (Å²) in [5, 5.41) is 12.9. The molecule has 5 aliphatic rings. The second-order valence-electron chi connectivity index (χ2n) is 17.9. The van der Waals surface area contributed by atoms with Crippen LogP contribution >= 0.6 is 0 Å². The number of imidazole rings is 1. The van der Waals surface area contributed by atoms with Crippen molar-refractivity contribution in [3.63, 3.8) is 0 Å². The van der Waals surface area contributed by atoms with Crippen LogP contribution in [0.4, 0.5) is 21.0 Å². The third-order valence-corrected chi connectivity index (χ3v) is 14.1. The monoisotopic (exact) mass is 892 g/mol. The molecule has 0 radical (unpaired) electrons. The Morgan fingerprint density at radius 1 is 0.712 bits per heavy atom. The number of ether oxygens (including phenoxy) is 3. The van der Waals surface area contributed by atoms with Crippen LogP contribution in [-0.2, 0) is 36.6 Å². The van der Waals surface area contributed by atoms with Crippen LogP contribution in [0.25, 0.3) is 33.5 Å². The topological polar surface area (TPSA) is 179 Å². The first kappa shape index (κ1) is 43.0. The molecule has 5 heterocycles. The van der Waals surface area contributed by atoms with E-state index in [0.29, 0.717) is 44.7 Å². The molecule has 1 unspecified atom stereocenters. The van der Waals surface area contributed by atoms with E-state index in [4.69, 9.17) is 19.2 Å². The van der Waals surface area contributed by atoms with Crippen molar-refractivity contribution < 1.29 is 33.4 Å². The number of hydrogen-bond donors (Lipinski definition) is 5. The molecule has 3 fully saturated rings. The molecule has 342 valence electrons. The van der Waals surface area contributed by atoms with Gasteiger partial charge in [-0.25, -0.2) is 14.6 Å². The quantitative estimate of drug-likeness (QED) is 0.0939. The molecule has 66 heavy (non-hydrogen) atoms. The summed E-state index contributed by atoms with van der Waals surface area (Å²) >= 11 is 0. The van der Waals surface area contributed by atoms with Crippen LogP contribution in [0.3, 0.4) is 0 Å². The lowest BCUT2D eigenvalue weighted by Crippen LogP contribution is -2.57. The van der Waals surface area contributed by atoms with Gasteiger partial charge < -0.3 is 50.3 Å². The van der Waals surface area contributed by atoms with E-state index in [1.54, 1.807) is 0 Å². The Morgan fingerprint density at radius 3 is 2.14 bits per heavy atom. The van der Waals surface area contributed by atoms with E-state index in [-0.39, 0.29) is 36.0 Å². The number of anilines is 2. The van der Waals surface area contributed by atoms with Crippen molar-refractivity contribution >= 4 is 35.4 Å². The number of likely N-dealkylation sites (tertiary alicyclic amines) is 2. The number of hydrogen-bond acceptors (Lipinski definition) is 10. The molecular weight excluding hydrogens is 837 g/mol. The molecule has 4 aromatic carbocycles. The molecule has 1 aromatic heterocycles. The first-order valence-corrected chi connectivity index (χ1v) is 23.2. The van der Waals surface area contributed by atoms with Gasteiger partial charge in [-0.1, -0.05) is 78.9 Å². The summed E-state index contributed by atoms with van der Waals surface area (Å²) in [6.07, 6.45) is 4.99. The summed E-state index contributed by atoms with van der Waals surface area (Å²) in [6.45, 7) is 2.35. The lowest BCUT2D eigenvalue weighted by Gasteiger charge is -2.36. The third kappa shape index (κ3) is 8.43. The standard InChI is InChI=1S/C51H56N8O7/c1-64-50(62)56-43(32-8-4-3-5-9-32)48(60)59-25-7-11-42(59)47-53-39-21-18-36-28-34(16-19-37(36)45(39)55-47)30-12-14-31(15-13-30)35-17-20-38-40(29-35)54-46(52-38)41-10-6-24-58(41)49(61)44(57-51(63)65-2)33-22-26-66-27-23-33/h3-5,8-9,12-17,19-20,28-29,33,41-44,46,52,54H,6-7,10-11,18,21-27H2,1-2H3,(H,53,55)(H,56,62)(H,57,63)/t41-,42-,43+,44-,46?/m0/s1. The number of amides is 4. The second kappa shape index (κ2) is 18.6. The van der Waals surface area contributed by atoms with Gasteiger partial charge in [0, 0.05) is 31.9 Å². The zero-order valence-corrected chi connectivity index (χ0v) is 37.3. The third-order valence-electron chi connectivity index (χ3n) is 14.1. The van der Waals surface area contributed by atoms with Crippen LogP contribution in [0.5, 0.6) is 0 Å². The largest absolute Gasteiger partial charge is 0.453 e. The summed E-state index contributed by atoms with van der Waals surface area (Å²) in [7, 11) is 2.62. The molecule has 1 aliphatic carbocycles. The number of fused-ring (bicyclic) bond motifs is 4.